The van der Waals surface area contributed by atoms with Crippen LogP contribution in [0.4, 0.5) is 0 Å². The van der Waals surface area contributed by atoms with Crippen LogP contribution in [-0.4, -0.2) is 22.6 Å². The molecule has 0 heterocycles. The normalized spacial score (nSPS) is 15.4. The van der Waals surface area contributed by atoms with Gasteiger partial charge in [0.15, 0.2) is 0 Å². The van der Waals surface area contributed by atoms with E-state index < -0.39 is 17.5 Å². The Kier molecular flexibility index (Phi) is 6.91. The summed E-state index contributed by atoms with van der Waals surface area (Å²) in [6, 6.07) is 0. The van der Waals surface area contributed by atoms with Crippen LogP contribution in [0.5, 0.6) is 0 Å². The lowest BCUT2D eigenvalue weighted by Crippen LogP contribution is -2.37. The quantitative estimate of drug-likeness (QED) is 0.707. The van der Waals surface area contributed by atoms with Gasteiger partial charge < -0.3 is 9.84 Å². The van der Waals surface area contributed by atoms with E-state index in [-0.39, 0.29) is 23.7 Å². The van der Waals surface area contributed by atoms with Gasteiger partial charge in [0, 0.05) is 0 Å². The predicted molar refractivity (Wildman–Crippen MR) is 84.1 cm³/mol. The zero-order valence-electron chi connectivity index (χ0n) is 14.7. The van der Waals surface area contributed by atoms with E-state index in [2.05, 4.69) is 41.5 Å². The van der Waals surface area contributed by atoms with Crippen molar-refractivity contribution in [3.05, 3.63) is 0 Å². The van der Waals surface area contributed by atoms with E-state index in [4.69, 9.17) is 9.84 Å². The zero-order chi connectivity index (χ0) is 16.9. The third-order valence-corrected chi connectivity index (χ3v) is 3.21. The largest absolute Gasteiger partial charge is 0.481 e. The van der Waals surface area contributed by atoms with E-state index in [1.165, 1.54) is 0 Å². The molecule has 0 fully saturated rings. The van der Waals surface area contributed by atoms with Crippen LogP contribution in [0, 0.1) is 10.8 Å². The van der Waals surface area contributed by atoms with Gasteiger partial charge in [0.1, 0.15) is 5.60 Å². The summed E-state index contributed by atoms with van der Waals surface area (Å²) in [7, 11) is 0. The average molecular weight is 300 g/mol. The first kappa shape index (κ1) is 19.9. The Morgan fingerprint density at radius 2 is 1.38 bits per heavy atom. The molecular formula is C17H32O4. The molecular weight excluding hydrogens is 268 g/mol. The molecule has 0 aliphatic rings. The summed E-state index contributed by atoms with van der Waals surface area (Å²) in [5.74, 6) is -1.39. The van der Waals surface area contributed by atoms with Gasteiger partial charge in [-0.2, -0.15) is 0 Å². The van der Waals surface area contributed by atoms with E-state index >= 15 is 0 Å². The van der Waals surface area contributed by atoms with Crippen molar-refractivity contribution in [1.29, 1.82) is 0 Å². The molecule has 124 valence electrons. The highest BCUT2D eigenvalue weighted by Gasteiger charge is 2.34. The molecule has 0 saturated carbocycles. The van der Waals surface area contributed by atoms with Crippen LogP contribution in [0.25, 0.3) is 0 Å². The lowest BCUT2D eigenvalue weighted by Gasteiger charge is -2.37. The molecule has 0 radical (unpaired) electrons. The minimum atomic E-state index is -0.973. The van der Waals surface area contributed by atoms with Crippen molar-refractivity contribution in [1.82, 2.24) is 0 Å². The van der Waals surface area contributed by atoms with Gasteiger partial charge in [-0.3, -0.25) is 9.59 Å². The molecule has 4 nitrogen and oxygen atoms in total. The second-order valence-electron chi connectivity index (χ2n) is 8.62. The molecule has 0 aliphatic carbocycles. The maximum Gasteiger partial charge on any atom is 0.306 e. The summed E-state index contributed by atoms with van der Waals surface area (Å²) in [5, 5.41) is 8.65. The summed E-state index contributed by atoms with van der Waals surface area (Å²) < 4.78 is 5.66. The fourth-order valence-corrected chi connectivity index (χ4v) is 2.47. The Balaban J connectivity index is 4.79. The van der Waals surface area contributed by atoms with Crippen LogP contribution in [0.15, 0.2) is 0 Å². The molecule has 0 aromatic rings. The van der Waals surface area contributed by atoms with Crippen LogP contribution in [0.1, 0.15) is 80.6 Å². The Hall–Kier alpha value is -1.06. The van der Waals surface area contributed by atoms with Crippen molar-refractivity contribution in [3.8, 4) is 0 Å². The summed E-state index contributed by atoms with van der Waals surface area (Å²) in [5.41, 5.74) is -0.326. The number of rotatable bonds is 7. The smallest absolute Gasteiger partial charge is 0.306 e. The average Bonchev–Trinajstić information content (AvgIpc) is 2.20. The fourth-order valence-electron chi connectivity index (χ4n) is 2.47. The SMILES string of the molecule is CC(C)(C)CCC(C)(CC(C)(C)C)OC(=O)CCC(=O)O. The number of hydrogen-bond donors (Lipinski definition) is 1. The molecule has 0 aromatic heterocycles. The van der Waals surface area contributed by atoms with Gasteiger partial charge in [0.25, 0.3) is 0 Å². The number of carbonyl (C=O) groups is 2. The Morgan fingerprint density at radius 1 is 0.857 bits per heavy atom. The van der Waals surface area contributed by atoms with Crippen molar-refractivity contribution < 1.29 is 19.4 Å². The van der Waals surface area contributed by atoms with Crippen LogP contribution < -0.4 is 0 Å². The highest BCUT2D eigenvalue weighted by molar-refractivity contribution is 5.76. The fraction of sp³-hybridized carbons (Fsp3) is 0.882. The second-order valence-corrected chi connectivity index (χ2v) is 8.62. The molecule has 0 spiro atoms. The summed E-state index contributed by atoms with van der Waals surface area (Å²) in [6.07, 6.45) is 2.25. The van der Waals surface area contributed by atoms with Crippen molar-refractivity contribution in [2.75, 3.05) is 0 Å². The topological polar surface area (TPSA) is 63.6 Å². The Morgan fingerprint density at radius 3 is 1.76 bits per heavy atom. The number of ether oxygens (including phenoxy) is 1. The van der Waals surface area contributed by atoms with Crippen LogP contribution in [0.2, 0.25) is 0 Å². The summed E-state index contributed by atoms with van der Waals surface area (Å²) >= 11 is 0. The maximum atomic E-state index is 11.9. The van der Waals surface area contributed by atoms with E-state index in [1.54, 1.807) is 0 Å². The van der Waals surface area contributed by atoms with Crippen molar-refractivity contribution in [2.24, 2.45) is 10.8 Å². The van der Waals surface area contributed by atoms with E-state index in [9.17, 15) is 9.59 Å². The monoisotopic (exact) mass is 300 g/mol. The number of esters is 1. The van der Waals surface area contributed by atoms with Gasteiger partial charge >= 0.3 is 11.9 Å². The van der Waals surface area contributed by atoms with Crippen LogP contribution in [0.3, 0.4) is 0 Å². The van der Waals surface area contributed by atoms with Crippen molar-refractivity contribution in [3.63, 3.8) is 0 Å². The first-order valence-corrected chi connectivity index (χ1v) is 7.66. The Labute approximate surface area is 129 Å². The van der Waals surface area contributed by atoms with Crippen molar-refractivity contribution in [2.45, 2.75) is 86.2 Å². The van der Waals surface area contributed by atoms with Gasteiger partial charge in [-0.1, -0.05) is 41.5 Å². The lowest BCUT2D eigenvalue weighted by atomic mass is 9.77. The molecule has 1 atom stereocenters. The van der Waals surface area contributed by atoms with E-state index in [0.717, 1.165) is 19.3 Å². The first-order valence-electron chi connectivity index (χ1n) is 7.66. The molecule has 0 bridgehead atoms. The lowest BCUT2D eigenvalue weighted by molar-refractivity contribution is -0.164. The molecule has 0 aliphatic heterocycles. The molecule has 21 heavy (non-hydrogen) atoms. The third kappa shape index (κ3) is 11.3. The first-order chi connectivity index (χ1) is 9.22. The molecule has 0 rings (SSSR count). The number of carbonyl (C=O) groups excluding carboxylic acids is 1. The van der Waals surface area contributed by atoms with Gasteiger partial charge in [-0.05, 0) is 37.0 Å². The van der Waals surface area contributed by atoms with Gasteiger partial charge in [-0.25, -0.2) is 0 Å². The number of carboxylic acids is 1. The van der Waals surface area contributed by atoms with Crippen LogP contribution in [-0.2, 0) is 14.3 Å². The molecule has 0 saturated heterocycles. The molecule has 1 N–H and O–H groups in total. The molecule has 4 heteroatoms. The van der Waals surface area contributed by atoms with Gasteiger partial charge in [0.2, 0.25) is 0 Å². The highest BCUT2D eigenvalue weighted by atomic mass is 16.6. The molecule has 0 amide bonds. The van der Waals surface area contributed by atoms with Crippen molar-refractivity contribution >= 4 is 11.9 Å². The third-order valence-electron chi connectivity index (χ3n) is 3.21. The number of carboxylic acid groups (broad SMARTS) is 1. The predicted octanol–water partition coefficient (Wildman–Crippen LogP) is 4.42. The van der Waals surface area contributed by atoms with Crippen LogP contribution >= 0.6 is 0 Å². The second kappa shape index (κ2) is 7.28. The number of aliphatic carboxylic acids is 1. The Bertz CT molecular complexity index is 360. The zero-order valence-corrected chi connectivity index (χ0v) is 14.7. The number of hydrogen-bond acceptors (Lipinski definition) is 3. The van der Waals surface area contributed by atoms with Gasteiger partial charge in [-0.15, -0.1) is 0 Å². The van der Waals surface area contributed by atoms with E-state index in [0.29, 0.717) is 0 Å². The minimum absolute atomic E-state index is 0.0414. The summed E-state index contributed by atoms with van der Waals surface area (Å²) in [6.45, 7) is 14.8. The minimum Gasteiger partial charge on any atom is -0.481 e. The maximum absolute atomic E-state index is 11.9. The van der Waals surface area contributed by atoms with E-state index in [1.807, 2.05) is 6.92 Å². The molecule has 1 unspecified atom stereocenters. The van der Waals surface area contributed by atoms with Gasteiger partial charge in [0.05, 0.1) is 12.8 Å². The summed E-state index contributed by atoms with van der Waals surface area (Å²) in [4.78, 5) is 22.4. The highest BCUT2D eigenvalue weighted by Crippen LogP contribution is 2.36. The standard InChI is InChI=1S/C17H32O4/c1-15(2,3)10-11-17(7,12-16(4,5)6)21-14(20)9-8-13(18)19/h8-12H2,1-7H3,(H,18,19). The molecule has 0 aromatic carbocycles.